The van der Waals surface area contributed by atoms with E-state index in [0.29, 0.717) is 5.57 Å². The van der Waals surface area contributed by atoms with Crippen LogP contribution in [0.15, 0.2) is 11.6 Å². The lowest BCUT2D eigenvalue weighted by molar-refractivity contribution is -0.140. The van der Waals surface area contributed by atoms with Crippen molar-refractivity contribution in [3.05, 3.63) is 11.6 Å². The Morgan fingerprint density at radius 1 is 1.50 bits per heavy atom. The summed E-state index contributed by atoms with van der Waals surface area (Å²) in [5.41, 5.74) is 0.430. The summed E-state index contributed by atoms with van der Waals surface area (Å²) in [4.78, 5) is 15.3. The maximum Gasteiger partial charge on any atom is 0.352 e. The van der Waals surface area contributed by atoms with Gasteiger partial charge in [-0.15, -0.1) is 0 Å². The van der Waals surface area contributed by atoms with E-state index in [9.17, 15) is 4.79 Å². The van der Waals surface area contributed by atoms with Crippen molar-refractivity contribution in [2.24, 2.45) is 11.3 Å². The van der Waals surface area contributed by atoms with Crippen LogP contribution >= 0.6 is 0 Å². The van der Waals surface area contributed by atoms with Gasteiger partial charge in [0.05, 0.1) is 0 Å². The van der Waals surface area contributed by atoms with Gasteiger partial charge in [-0.2, -0.15) is 5.90 Å². The zero-order chi connectivity index (χ0) is 9.78. The summed E-state index contributed by atoms with van der Waals surface area (Å²) in [5.74, 6) is 4.37. The summed E-state index contributed by atoms with van der Waals surface area (Å²) in [6.45, 7) is 7.82. The normalized spacial score (nSPS) is 12.9. The minimum atomic E-state index is -0.440. The van der Waals surface area contributed by atoms with E-state index in [1.165, 1.54) is 0 Å². The van der Waals surface area contributed by atoms with Crippen molar-refractivity contribution in [3.63, 3.8) is 0 Å². The van der Waals surface area contributed by atoms with E-state index in [1.54, 1.807) is 0 Å². The van der Waals surface area contributed by atoms with Crippen LogP contribution < -0.4 is 5.90 Å². The van der Waals surface area contributed by atoms with Gasteiger partial charge < -0.3 is 4.84 Å². The maximum absolute atomic E-state index is 11.1. The van der Waals surface area contributed by atoms with E-state index in [4.69, 9.17) is 5.90 Å². The number of hydrogen-bond donors (Lipinski definition) is 1. The molecule has 0 saturated carbocycles. The van der Waals surface area contributed by atoms with Gasteiger partial charge in [-0.05, 0) is 11.8 Å². The third-order valence-corrected chi connectivity index (χ3v) is 1.54. The second kappa shape index (κ2) is 4.26. The molecule has 0 spiro atoms. The number of allylic oxidation sites excluding steroid dienone is 1. The molecule has 0 bridgehead atoms. The molecule has 12 heavy (non-hydrogen) atoms. The van der Waals surface area contributed by atoms with E-state index in [0.717, 1.165) is 6.42 Å². The van der Waals surface area contributed by atoms with Crippen molar-refractivity contribution < 1.29 is 9.63 Å². The lowest BCUT2D eigenvalue weighted by Gasteiger charge is -2.20. The van der Waals surface area contributed by atoms with Crippen molar-refractivity contribution in [3.8, 4) is 0 Å². The Morgan fingerprint density at radius 2 is 2.00 bits per heavy atom. The van der Waals surface area contributed by atoms with E-state index in [1.807, 2.05) is 33.8 Å². The number of hydrogen-bond acceptors (Lipinski definition) is 3. The molecule has 0 amide bonds. The van der Waals surface area contributed by atoms with Crippen LogP contribution in [0.1, 0.15) is 34.1 Å². The fourth-order valence-electron chi connectivity index (χ4n) is 0.963. The largest absolute Gasteiger partial charge is 0.370 e. The van der Waals surface area contributed by atoms with Gasteiger partial charge in [-0.1, -0.05) is 33.8 Å². The monoisotopic (exact) mass is 171 g/mol. The first-order chi connectivity index (χ1) is 5.43. The number of carbonyl (C=O) groups is 1. The molecule has 0 aliphatic heterocycles. The van der Waals surface area contributed by atoms with Crippen LogP contribution in [-0.4, -0.2) is 5.97 Å². The zero-order valence-electron chi connectivity index (χ0n) is 8.18. The molecule has 0 saturated heterocycles. The molecule has 70 valence electrons. The average molecular weight is 171 g/mol. The smallest absolute Gasteiger partial charge is 0.352 e. The summed E-state index contributed by atoms with van der Waals surface area (Å²) in [6, 6.07) is 0. The van der Waals surface area contributed by atoms with E-state index in [-0.39, 0.29) is 5.41 Å². The van der Waals surface area contributed by atoms with Gasteiger partial charge in [0, 0.05) is 5.57 Å². The predicted molar refractivity (Wildman–Crippen MR) is 48.1 cm³/mol. The van der Waals surface area contributed by atoms with Gasteiger partial charge in [0.25, 0.3) is 0 Å². The molecule has 0 aromatic heterocycles. The van der Waals surface area contributed by atoms with Crippen LogP contribution in [-0.2, 0) is 9.63 Å². The van der Waals surface area contributed by atoms with Gasteiger partial charge in [0.2, 0.25) is 0 Å². The molecule has 2 N–H and O–H groups in total. The van der Waals surface area contributed by atoms with Crippen LogP contribution in [0.2, 0.25) is 0 Å². The van der Waals surface area contributed by atoms with Gasteiger partial charge >= 0.3 is 5.97 Å². The first-order valence-corrected chi connectivity index (χ1v) is 4.05. The molecule has 0 fully saturated rings. The molecule has 0 radical (unpaired) electrons. The minimum absolute atomic E-state index is 0.202. The lowest BCUT2D eigenvalue weighted by Crippen LogP contribution is -2.22. The highest BCUT2D eigenvalue weighted by atomic mass is 16.7. The quantitative estimate of drug-likeness (QED) is 0.509. The van der Waals surface area contributed by atoms with E-state index in [2.05, 4.69) is 4.84 Å². The number of nitrogens with two attached hydrogens (primary N) is 1. The highest BCUT2D eigenvalue weighted by molar-refractivity contribution is 5.89. The maximum atomic E-state index is 11.1. The third-order valence-electron chi connectivity index (χ3n) is 1.54. The fraction of sp³-hybridized carbons (Fsp3) is 0.667. The molecule has 0 aromatic rings. The molecule has 0 atom stereocenters. The van der Waals surface area contributed by atoms with Crippen LogP contribution in [0, 0.1) is 5.41 Å². The minimum Gasteiger partial charge on any atom is -0.370 e. The molecule has 3 heteroatoms. The molecular weight excluding hydrogens is 154 g/mol. The molecule has 0 aliphatic rings. The highest BCUT2D eigenvalue weighted by Gasteiger charge is 2.23. The zero-order valence-corrected chi connectivity index (χ0v) is 8.18. The molecule has 0 aromatic carbocycles. The van der Waals surface area contributed by atoms with E-state index >= 15 is 0 Å². The molecule has 0 heterocycles. The second-order valence-electron chi connectivity index (χ2n) is 3.68. The SMILES string of the molecule is CCC=C(C(=O)ON)C(C)(C)C. The lowest BCUT2D eigenvalue weighted by atomic mass is 9.86. The topological polar surface area (TPSA) is 52.3 Å². The summed E-state index contributed by atoms with van der Waals surface area (Å²) in [7, 11) is 0. The third kappa shape index (κ3) is 3.05. The van der Waals surface area contributed by atoms with Crippen molar-refractivity contribution in [2.75, 3.05) is 0 Å². The Labute approximate surface area is 73.5 Å². The summed E-state index contributed by atoms with van der Waals surface area (Å²) in [6.07, 6.45) is 2.65. The van der Waals surface area contributed by atoms with Crippen molar-refractivity contribution in [1.29, 1.82) is 0 Å². The van der Waals surface area contributed by atoms with Gasteiger partial charge in [-0.25, -0.2) is 4.79 Å². The Hall–Kier alpha value is -0.830. The van der Waals surface area contributed by atoms with Crippen LogP contribution in [0.5, 0.6) is 0 Å². The van der Waals surface area contributed by atoms with Crippen molar-refractivity contribution in [1.82, 2.24) is 0 Å². The standard InChI is InChI=1S/C9H17NO2/c1-5-6-7(8(11)12-10)9(2,3)4/h6H,5,10H2,1-4H3. The van der Waals surface area contributed by atoms with Gasteiger partial charge in [-0.3, -0.25) is 0 Å². The summed E-state index contributed by atoms with van der Waals surface area (Å²) in [5, 5.41) is 0. The average Bonchev–Trinajstić information content (AvgIpc) is 1.96. The summed E-state index contributed by atoms with van der Waals surface area (Å²) >= 11 is 0. The van der Waals surface area contributed by atoms with Crippen molar-refractivity contribution >= 4 is 5.97 Å². The Bertz CT molecular complexity index is 189. The molecule has 0 unspecified atom stereocenters. The Morgan fingerprint density at radius 3 is 2.25 bits per heavy atom. The van der Waals surface area contributed by atoms with Crippen LogP contribution in [0.3, 0.4) is 0 Å². The Balaban J connectivity index is 4.69. The first-order valence-electron chi connectivity index (χ1n) is 4.05. The van der Waals surface area contributed by atoms with Gasteiger partial charge in [0.15, 0.2) is 0 Å². The van der Waals surface area contributed by atoms with Crippen molar-refractivity contribution in [2.45, 2.75) is 34.1 Å². The van der Waals surface area contributed by atoms with Crippen LogP contribution in [0.4, 0.5) is 0 Å². The van der Waals surface area contributed by atoms with E-state index < -0.39 is 5.97 Å². The fourth-order valence-corrected chi connectivity index (χ4v) is 0.963. The predicted octanol–water partition coefficient (Wildman–Crippen LogP) is 1.79. The second-order valence-corrected chi connectivity index (χ2v) is 3.68. The highest BCUT2D eigenvalue weighted by Crippen LogP contribution is 2.26. The molecule has 0 aliphatic carbocycles. The first kappa shape index (κ1) is 11.2. The number of carbonyl (C=O) groups excluding carboxylic acids is 1. The molecule has 3 nitrogen and oxygen atoms in total. The molecular formula is C9H17NO2. The molecule has 0 rings (SSSR count). The summed E-state index contributed by atoms with van der Waals surface area (Å²) < 4.78 is 0. The van der Waals surface area contributed by atoms with Gasteiger partial charge in [0.1, 0.15) is 0 Å². The van der Waals surface area contributed by atoms with Crippen LogP contribution in [0.25, 0.3) is 0 Å². The number of rotatable bonds is 2. The Kier molecular flexibility index (Phi) is 3.96.